The molecule has 0 aliphatic carbocycles. The smallest absolute Gasteiger partial charge is 0.394 e. The van der Waals surface area contributed by atoms with Crippen LogP contribution in [0.3, 0.4) is 0 Å². The Morgan fingerprint density at radius 2 is 1.32 bits per heavy atom. The molecule has 0 aliphatic rings. The van der Waals surface area contributed by atoms with Gasteiger partial charge in [0.1, 0.15) is 0 Å². The number of amides is 2. The number of halogens is 1. The zero-order chi connectivity index (χ0) is 14.6. The number of nitrogens with one attached hydrogen (secondary N) is 2. The molecule has 0 spiro atoms. The maximum Gasteiger partial charge on any atom is 0.394 e. The fourth-order valence-corrected chi connectivity index (χ4v) is 1.16. The maximum atomic E-state index is 10.9. The number of carboxylic acid groups (broad SMARTS) is 2. The lowest BCUT2D eigenvalue weighted by Gasteiger charge is -2.08. The summed E-state index contributed by atoms with van der Waals surface area (Å²) in [5, 5.41) is 20.4. The predicted molar refractivity (Wildman–Crippen MR) is 61.8 cm³/mol. The van der Waals surface area contributed by atoms with Gasteiger partial charge >= 0.3 is 23.8 Å². The first-order chi connectivity index (χ1) is 8.82. The van der Waals surface area contributed by atoms with Crippen LogP contribution in [0.1, 0.15) is 0 Å². The van der Waals surface area contributed by atoms with Gasteiger partial charge in [0, 0.05) is 0 Å². The van der Waals surface area contributed by atoms with Crippen LogP contribution in [0.5, 0.6) is 0 Å². The van der Waals surface area contributed by atoms with Gasteiger partial charge in [-0.3, -0.25) is 14.6 Å². The van der Waals surface area contributed by atoms with Gasteiger partial charge in [-0.15, -0.1) is 0 Å². The van der Waals surface area contributed by atoms with Gasteiger partial charge in [0.15, 0.2) is 0 Å². The van der Waals surface area contributed by atoms with E-state index in [1.807, 2.05) is 10.6 Å². The van der Waals surface area contributed by atoms with Crippen molar-refractivity contribution < 1.29 is 29.4 Å². The summed E-state index contributed by atoms with van der Waals surface area (Å²) in [6.45, 7) is 0. The molecule has 10 heteroatoms. The summed E-state index contributed by atoms with van der Waals surface area (Å²) in [6, 6.07) is 0. The molecule has 19 heavy (non-hydrogen) atoms. The molecule has 0 aliphatic heterocycles. The fraction of sp³-hybridized carbons (Fsp3) is 0. The molecule has 1 aromatic heterocycles. The Hall–Kier alpha value is -2.68. The number of pyridine rings is 1. The second-order valence-corrected chi connectivity index (χ2v) is 3.45. The average molecular weight is 288 g/mol. The van der Waals surface area contributed by atoms with Crippen molar-refractivity contribution in [2.45, 2.75) is 0 Å². The molecule has 2 amide bonds. The number of carboxylic acids is 2. The van der Waals surface area contributed by atoms with E-state index in [4.69, 9.17) is 21.8 Å². The van der Waals surface area contributed by atoms with Gasteiger partial charge < -0.3 is 20.8 Å². The first-order valence-corrected chi connectivity index (χ1v) is 4.92. The number of carbonyl (C=O) groups is 4. The van der Waals surface area contributed by atoms with Gasteiger partial charge in [-0.05, 0) is 0 Å². The number of hydrogen-bond donors (Lipinski definition) is 4. The first kappa shape index (κ1) is 14.4. The van der Waals surface area contributed by atoms with Crippen LogP contribution >= 0.6 is 11.6 Å². The Bertz CT molecular complexity index is 527. The minimum Gasteiger partial charge on any atom is -0.474 e. The Balaban J connectivity index is 2.98. The normalized spacial score (nSPS) is 9.53. The molecule has 4 N–H and O–H groups in total. The summed E-state index contributed by atoms with van der Waals surface area (Å²) in [5.41, 5.74) is -0.366. The van der Waals surface area contributed by atoms with Crippen LogP contribution < -0.4 is 10.6 Å². The molecular weight excluding hydrogens is 282 g/mol. The SMILES string of the molecule is O=C(O)C(=O)Nc1cncc(NC(=O)C(=O)O)c1Cl. The summed E-state index contributed by atoms with van der Waals surface area (Å²) in [7, 11) is 0. The second-order valence-electron chi connectivity index (χ2n) is 3.07. The van der Waals surface area contributed by atoms with Gasteiger partial charge in [0.25, 0.3) is 0 Å². The zero-order valence-electron chi connectivity index (χ0n) is 9.01. The van der Waals surface area contributed by atoms with Crippen LogP contribution in [-0.4, -0.2) is 39.0 Å². The molecule has 1 rings (SSSR count). The molecule has 0 radical (unpaired) electrons. The highest BCUT2D eigenvalue weighted by Gasteiger charge is 2.18. The molecule has 0 atom stereocenters. The highest BCUT2D eigenvalue weighted by atomic mass is 35.5. The third kappa shape index (κ3) is 3.64. The van der Waals surface area contributed by atoms with E-state index in [1.165, 1.54) is 0 Å². The largest absolute Gasteiger partial charge is 0.474 e. The Kier molecular flexibility index (Phi) is 4.37. The maximum absolute atomic E-state index is 10.9. The van der Waals surface area contributed by atoms with E-state index >= 15 is 0 Å². The molecule has 100 valence electrons. The molecule has 0 bridgehead atoms. The third-order valence-corrected chi connectivity index (χ3v) is 2.17. The lowest BCUT2D eigenvalue weighted by atomic mass is 10.3. The molecule has 0 unspecified atom stereocenters. The lowest BCUT2D eigenvalue weighted by Crippen LogP contribution is -2.24. The number of carbonyl (C=O) groups excluding carboxylic acids is 2. The number of nitrogens with zero attached hydrogens (tertiary/aromatic N) is 1. The van der Waals surface area contributed by atoms with E-state index in [1.54, 1.807) is 0 Å². The zero-order valence-corrected chi connectivity index (χ0v) is 9.76. The van der Waals surface area contributed by atoms with Crippen LogP contribution in [0.25, 0.3) is 0 Å². The van der Waals surface area contributed by atoms with Crippen LogP contribution in [-0.2, 0) is 19.2 Å². The number of anilines is 2. The quantitative estimate of drug-likeness (QED) is 0.550. The molecule has 1 aromatic rings. The van der Waals surface area contributed by atoms with Crippen molar-refractivity contribution in [2.24, 2.45) is 0 Å². The van der Waals surface area contributed by atoms with Crippen molar-refractivity contribution in [1.29, 1.82) is 0 Å². The van der Waals surface area contributed by atoms with Crippen molar-refractivity contribution in [3.63, 3.8) is 0 Å². The highest BCUT2D eigenvalue weighted by molar-refractivity contribution is 6.42. The molecule has 9 nitrogen and oxygen atoms in total. The van der Waals surface area contributed by atoms with Crippen LogP contribution in [0.4, 0.5) is 11.4 Å². The van der Waals surface area contributed by atoms with E-state index < -0.39 is 23.8 Å². The number of aromatic nitrogens is 1. The van der Waals surface area contributed by atoms with Gasteiger partial charge in [0.2, 0.25) is 0 Å². The standard InChI is InChI=1S/C9H6ClN3O6/c10-5-3(12-6(14)8(16)17)1-11-2-4(5)13-7(15)9(18)19/h1-2H,(H,12,14)(H,13,15)(H,16,17)(H,18,19). The van der Waals surface area contributed by atoms with E-state index in [-0.39, 0.29) is 16.4 Å². The van der Waals surface area contributed by atoms with Crippen LogP contribution in [0.2, 0.25) is 5.02 Å². The van der Waals surface area contributed by atoms with E-state index in [0.29, 0.717) is 0 Å². The molecule has 0 aromatic carbocycles. The molecule has 1 heterocycles. The Morgan fingerprint density at radius 3 is 1.63 bits per heavy atom. The molecule has 0 saturated heterocycles. The van der Waals surface area contributed by atoms with E-state index in [2.05, 4.69) is 4.98 Å². The summed E-state index contributed by atoms with van der Waals surface area (Å²) < 4.78 is 0. The number of hydrogen-bond acceptors (Lipinski definition) is 5. The summed E-state index contributed by atoms with van der Waals surface area (Å²) >= 11 is 5.75. The monoisotopic (exact) mass is 287 g/mol. The Labute approximate surface area is 110 Å². The Morgan fingerprint density at radius 1 is 0.947 bits per heavy atom. The molecular formula is C9H6ClN3O6. The number of aliphatic carboxylic acids is 2. The second kappa shape index (κ2) is 5.78. The van der Waals surface area contributed by atoms with Crippen molar-refractivity contribution in [2.75, 3.05) is 10.6 Å². The summed E-state index contributed by atoms with van der Waals surface area (Å²) in [4.78, 5) is 46.1. The lowest BCUT2D eigenvalue weighted by molar-refractivity contribution is -0.147. The first-order valence-electron chi connectivity index (χ1n) is 4.55. The fourth-order valence-electron chi connectivity index (χ4n) is 0.971. The van der Waals surface area contributed by atoms with Gasteiger partial charge in [-0.25, -0.2) is 9.59 Å². The third-order valence-electron chi connectivity index (χ3n) is 1.77. The molecule has 0 fully saturated rings. The summed E-state index contributed by atoms with van der Waals surface area (Å²) in [5.74, 6) is -6.19. The van der Waals surface area contributed by atoms with Gasteiger partial charge in [-0.2, -0.15) is 0 Å². The van der Waals surface area contributed by atoms with Crippen LogP contribution in [0.15, 0.2) is 12.4 Å². The van der Waals surface area contributed by atoms with E-state index in [9.17, 15) is 19.2 Å². The van der Waals surface area contributed by atoms with Crippen molar-refractivity contribution in [3.05, 3.63) is 17.4 Å². The van der Waals surface area contributed by atoms with Crippen LogP contribution in [0, 0.1) is 0 Å². The number of rotatable bonds is 2. The highest BCUT2D eigenvalue weighted by Crippen LogP contribution is 2.28. The van der Waals surface area contributed by atoms with Crippen molar-refractivity contribution in [1.82, 2.24) is 4.98 Å². The summed E-state index contributed by atoms with van der Waals surface area (Å²) in [6.07, 6.45) is 2.08. The minimum atomic E-state index is -1.74. The van der Waals surface area contributed by atoms with Gasteiger partial charge in [0.05, 0.1) is 28.8 Å². The van der Waals surface area contributed by atoms with Crippen molar-refractivity contribution >= 4 is 46.7 Å². The van der Waals surface area contributed by atoms with Crippen molar-refractivity contribution in [3.8, 4) is 0 Å². The average Bonchev–Trinajstić information content (AvgIpc) is 2.33. The van der Waals surface area contributed by atoms with Gasteiger partial charge in [-0.1, -0.05) is 11.6 Å². The predicted octanol–water partition coefficient (Wildman–Crippen LogP) is -0.219. The minimum absolute atomic E-state index is 0.183. The molecule has 0 saturated carbocycles. The topological polar surface area (TPSA) is 146 Å². The van der Waals surface area contributed by atoms with E-state index in [0.717, 1.165) is 12.4 Å².